The molecule has 1 aromatic heterocycles. The van der Waals surface area contributed by atoms with Gasteiger partial charge >= 0.3 is 0 Å². The van der Waals surface area contributed by atoms with Gasteiger partial charge in [-0.2, -0.15) is 0 Å². The minimum Gasteiger partial charge on any atom is -0.264 e. The van der Waals surface area contributed by atoms with Crippen molar-refractivity contribution in [2.45, 2.75) is 13.3 Å². The van der Waals surface area contributed by atoms with Gasteiger partial charge in [0.1, 0.15) is 0 Å². The molecule has 7 aromatic rings. The van der Waals surface area contributed by atoms with Crippen LogP contribution in [0.2, 0.25) is 0 Å². The highest BCUT2D eigenvalue weighted by atomic mass is 14.6. The van der Waals surface area contributed by atoms with Crippen molar-refractivity contribution in [3.8, 4) is 33.4 Å². The van der Waals surface area contributed by atoms with E-state index in [-0.39, 0.29) is 0 Å². The van der Waals surface area contributed by atoms with Crippen molar-refractivity contribution in [1.82, 2.24) is 4.98 Å². The van der Waals surface area contributed by atoms with Crippen molar-refractivity contribution in [3.05, 3.63) is 158 Å². The first-order valence-corrected chi connectivity index (χ1v) is 15.1. The van der Waals surface area contributed by atoms with Crippen LogP contribution < -0.4 is 0 Å². The molecule has 1 atom stereocenters. The molecule has 0 aliphatic heterocycles. The summed E-state index contributed by atoms with van der Waals surface area (Å²) in [5, 5.41) is 7.77. The fraction of sp³-hybridized carbons (Fsp3) is 0.0714. The molecule has 0 N–H and O–H groups in total. The zero-order chi connectivity index (χ0) is 28.8. The average molecular weight is 550 g/mol. The number of rotatable bonds is 4. The normalized spacial score (nSPS) is 14.8. The molecule has 0 spiro atoms. The molecule has 6 aromatic carbocycles. The number of nitrogens with zero attached hydrogens (tertiary/aromatic N) is 1. The van der Waals surface area contributed by atoms with E-state index in [1.807, 2.05) is 18.5 Å². The number of fused-ring (bicyclic) bond motifs is 3. The molecule has 0 saturated heterocycles. The molecule has 0 radical (unpaired) electrons. The molecule has 0 amide bonds. The largest absolute Gasteiger partial charge is 0.264 e. The summed E-state index contributed by atoms with van der Waals surface area (Å²) < 4.78 is 0. The summed E-state index contributed by atoms with van der Waals surface area (Å²) in [4.78, 5) is 4.26. The van der Waals surface area contributed by atoms with Crippen LogP contribution in [-0.2, 0) is 0 Å². The minimum absolute atomic E-state index is 0.490. The third-order valence-corrected chi connectivity index (χ3v) is 8.99. The second-order valence-corrected chi connectivity index (χ2v) is 11.6. The third-order valence-electron chi connectivity index (χ3n) is 8.99. The summed E-state index contributed by atoms with van der Waals surface area (Å²) in [6.07, 6.45) is 11.6. The second kappa shape index (κ2) is 10.5. The Bertz CT molecular complexity index is 2140. The van der Waals surface area contributed by atoms with E-state index in [0.29, 0.717) is 5.92 Å². The molecular formula is C42H31N. The number of hydrogen-bond donors (Lipinski definition) is 0. The van der Waals surface area contributed by atoms with E-state index in [1.54, 1.807) is 0 Å². The summed E-state index contributed by atoms with van der Waals surface area (Å²) in [7, 11) is 0. The zero-order valence-electron chi connectivity index (χ0n) is 24.2. The number of allylic oxidation sites excluding steroid dienone is 4. The molecule has 0 fully saturated rings. The fourth-order valence-electron chi connectivity index (χ4n) is 6.80. The lowest BCUT2D eigenvalue weighted by molar-refractivity contribution is 0.760. The van der Waals surface area contributed by atoms with Crippen LogP contribution in [0.3, 0.4) is 0 Å². The summed E-state index contributed by atoms with van der Waals surface area (Å²) in [6, 6.07) is 44.5. The third kappa shape index (κ3) is 4.45. The van der Waals surface area contributed by atoms with Gasteiger partial charge in [-0.3, -0.25) is 4.98 Å². The smallest absolute Gasteiger partial charge is 0.0346 e. The SMILES string of the molecule is CC1CC=CC=C1c1c2ccccc2c(-c2ccc3cc(-c4ccc(-c5cccnc5)cc4)ccc3c2)c2ccccc12. The average Bonchev–Trinajstić information content (AvgIpc) is 3.07. The molecule has 0 bridgehead atoms. The number of hydrogen-bond acceptors (Lipinski definition) is 1. The van der Waals surface area contributed by atoms with E-state index >= 15 is 0 Å². The van der Waals surface area contributed by atoms with Crippen LogP contribution in [-0.4, -0.2) is 4.98 Å². The van der Waals surface area contributed by atoms with Crippen LogP contribution in [0.15, 0.2) is 152 Å². The molecule has 0 saturated carbocycles. The molecule has 1 heterocycles. The van der Waals surface area contributed by atoms with E-state index in [9.17, 15) is 0 Å². The van der Waals surface area contributed by atoms with Gasteiger partial charge in [-0.05, 0) is 107 Å². The first kappa shape index (κ1) is 25.4. The second-order valence-electron chi connectivity index (χ2n) is 11.6. The molecule has 1 unspecified atom stereocenters. The summed E-state index contributed by atoms with van der Waals surface area (Å²) in [5.74, 6) is 0.490. The van der Waals surface area contributed by atoms with Crippen LogP contribution in [0, 0.1) is 5.92 Å². The van der Waals surface area contributed by atoms with Gasteiger partial charge in [0.25, 0.3) is 0 Å². The van der Waals surface area contributed by atoms with Gasteiger partial charge in [-0.15, -0.1) is 0 Å². The van der Waals surface area contributed by atoms with Crippen LogP contribution in [0.25, 0.3) is 71.3 Å². The van der Waals surface area contributed by atoms with Crippen LogP contribution in [0.4, 0.5) is 0 Å². The lowest BCUT2D eigenvalue weighted by Crippen LogP contribution is -2.03. The highest BCUT2D eigenvalue weighted by Gasteiger charge is 2.21. The van der Waals surface area contributed by atoms with Crippen LogP contribution in [0.1, 0.15) is 18.9 Å². The van der Waals surface area contributed by atoms with Gasteiger partial charge in [-0.1, -0.05) is 128 Å². The quantitative estimate of drug-likeness (QED) is 0.199. The van der Waals surface area contributed by atoms with Gasteiger partial charge in [0.15, 0.2) is 0 Å². The Balaban J connectivity index is 1.25. The zero-order valence-corrected chi connectivity index (χ0v) is 24.2. The van der Waals surface area contributed by atoms with E-state index in [4.69, 9.17) is 0 Å². The molecule has 43 heavy (non-hydrogen) atoms. The van der Waals surface area contributed by atoms with E-state index in [1.165, 1.54) is 71.3 Å². The molecule has 1 heteroatoms. The fourth-order valence-corrected chi connectivity index (χ4v) is 6.80. The lowest BCUT2D eigenvalue weighted by atomic mass is 9.80. The maximum Gasteiger partial charge on any atom is 0.0346 e. The standard InChI is InChI=1S/C42H31N/c1-28-9-2-3-11-36(28)42-39-14-6-4-12-37(39)41(38-13-5-7-15-40(38)42)34-23-22-32-25-31(20-21-33(32)26-34)29-16-18-30(19-17-29)35-10-8-24-43-27-35/h2-8,10-28H,9H2,1H3. The Labute approximate surface area is 252 Å². The van der Waals surface area contributed by atoms with Gasteiger partial charge in [0.2, 0.25) is 0 Å². The lowest BCUT2D eigenvalue weighted by Gasteiger charge is -2.23. The van der Waals surface area contributed by atoms with Crippen molar-refractivity contribution >= 4 is 37.9 Å². The Kier molecular flexibility index (Phi) is 6.23. The Morgan fingerprint density at radius 1 is 0.535 bits per heavy atom. The molecule has 8 rings (SSSR count). The summed E-state index contributed by atoms with van der Waals surface area (Å²) in [5.41, 5.74) is 10.1. The van der Waals surface area contributed by atoms with Crippen LogP contribution in [0.5, 0.6) is 0 Å². The summed E-state index contributed by atoms with van der Waals surface area (Å²) in [6.45, 7) is 2.35. The predicted molar refractivity (Wildman–Crippen MR) is 184 cm³/mol. The van der Waals surface area contributed by atoms with Crippen molar-refractivity contribution in [2.75, 3.05) is 0 Å². The van der Waals surface area contributed by atoms with Crippen molar-refractivity contribution in [3.63, 3.8) is 0 Å². The van der Waals surface area contributed by atoms with Crippen LogP contribution >= 0.6 is 0 Å². The number of benzene rings is 6. The first-order chi connectivity index (χ1) is 21.2. The number of aromatic nitrogens is 1. The predicted octanol–water partition coefficient (Wildman–Crippen LogP) is 11.5. The Morgan fingerprint density at radius 3 is 1.70 bits per heavy atom. The molecule has 1 aliphatic rings. The topological polar surface area (TPSA) is 12.9 Å². The van der Waals surface area contributed by atoms with Crippen molar-refractivity contribution < 1.29 is 0 Å². The molecular weight excluding hydrogens is 518 g/mol. The molecule has 1 aliphatic carbocycles. The maximum atomic E-state index is 4.26. The van der Waals surface area contributed by atoms with Crippen molar-refractivity contribution in [1.29, 1.82) is 0 Å². The Morgan fingerprint density at radius 2 is 1.09 bits per heavy atom. The molecule has 204 valence electrons. The Hall–Kier alpha value is -5.27. The van der Waals surface area contributed by atoms with Gasteiger partial charge in [-0.25, -0.2) is 0 Å². The summed E-state index contributed by atoms with van der Waals surface area (Å²) >= 11 is 0. The molecule has 1 nitrogen and oxygen atoms in total. The first-order valence-electron chi connectivity index (χ1n) is 15.1. The van der Waals surface area contributed by atoms with Gasteiger partial charge in [0.05, 0.1) is 0 Å². The highest BCUT2D eigenvalue weighted by Crippen LogP contribution is 2.45. The van der Waals surface area contributed by atoms with E-state index < -0.39 is 0 Å². The minimum atomic E-state index is 0.490. The number of pyridine rings is 1. The highest BCUT2D eigenvalue weighted by molar-refractivity contribution is 6.19. The van der Waals surface area contributed by atoms with Gasteiger partial charge in [0, 0.05) is 12.4 Å². The van der Waals surface area contributed by atoms with Crippen molar-refractivity contribution in [2.24, 2.45) is 5.92 Å². The monoisotopic (exact) mass is 549 g/mol. The van der Waals surface area contributed by atoms with E-state index in [2.05, 4.69) is 145 Å². The van der Waals surface area contributed by atoms with E-state index in [0.717, 1.165) is 12.0 Å². The maximum absolute atomic E-state index is 4.26. The van der Waals surface area contributed by atoms with Gasteiger partial charge < -0.3 is 0 Å².